The molecule has 0 aromatic heterocycles. The second-order valence-electron chi connectivity index (χ2n) is 7.68. The van der Waals surface area contributed by atoms with Gasteiger partial charge in [0.2, 0.25) is 0 Å². The van der Waals surface area contributed by atoms with Crippen LogP contribution < -0.4 is 14.3 Å². The third kappa shape index (κ3) is 5.42. The molecule has 0 spiro atoms. The van der Waals surface area contributed by atoms with Crippen LogP contribution in [-0.2, 0) is 10.1 Å². The van der Waals surface area contributed by atoms with Crippen LogP contribution in [0.25, 0.3) is 10.8 Å². The van der Waals surface area contributed by atoms with Gasteiger partial charge in [-0.2, -0.15) is 13.5 Å². The van der Waals surface area contributed by atoms with Gasteiger partial charge in [0, 0.05) is 0 Å². The molecule has 0 aliphatic carbocycles. The number of aryl methyl sites for hydroxylation is 1. The average molecular weight is 491 g/mol. The van der Waals surface area contributed by atoms with E-state index in [-0.39, 0.29) is 27.7 Å². The van der Waals surface area contributed by atoms with Crippen LogP contribution in [0.2, 0.25) is 0 Å². The SMILES string of the molecule is COc1cc(/C=N\NC(=O)c2cc3ccccc3cc2O)ccc1OS(=O)(=O)c1ccc(C)cc1. The molecule has 4 aromatic rings. The van der Waals surface area contributed by atoms with Crippen molar-refractivity contribution in [2.45, 2.75) is 11.8 Å². The lowest BCUT2D eigenvalue weighted by Crippen LogP contribution is -2.17. The number of benzene rings is 4. The van der Waals surface area contributed by atoms with E-state index in [0.29, 0.717) is 5.56 Å². The highest BCUT2D eigenvalue weighted by Crippen LogP contribution is 2.30. The summed E-state index contributed by atoms with van der Waals surface area (Å²) < 4.78 is 35.7. The molecule has 0 heterocycles. The van der Waals surface area contributed by atoms with E-state index in [4.69, 9.17) is 8.92 Å². The zero-order valence-corrected chi connectivity index (χ0v) is 19.7. The number of carbonyl (C=O) groups is 1. The fraction of sp³-hybridized carbons (Fsp3) is 0.0769. The molecule has 0 aliphatic heterocycles. The van der Waals surface area contributed by atoms with Crippen LogP contribution >= 0.6 is 0 Å². The molecule has 0 aliphatic rings. The molecule has 8 nitrogen and oxygen atoms in total. The molecule has 35 heavy (non-hydrogen) atoms. The zero-order chi connectivity index (χ0) is 25.0. The maximum atomic E-state index is 12.6. The van der Waals surface area contributed by atoms with Crippen LogP contribution in [0.4, 0.5) is 0 Å². The van der Waals surface area contributed by atoms with Crippen LogP contribution in [0, 0.1) is 6.92 Å². The van der Waals surface area contributed by atoms with Crippen molar-refractivity contribution >= 4 is 33.0 Å². The Bertz CT molecular complexity index is 1530. The summed E-state index contributed by atoms with van der Waals surface area (Å²) in [6.45, 7) is 1.85. The van der Waals surface area contributed by atoms with Crippen LogP contribution in [0.5, 0.6) is 17.2 Å². The lowest BCUT2D eigenvalue weighted by molar-refractivity contribution is 0.0952. The molecule has 4 rings (SSSR count). The van der Waals surface area contributed by atoms with E-state index < -0.39 is 16.0 Å². The second-order valence-corrected chi connectivity index (χ2v) is 9.22. The topological polar surface area (TPSA) is 114 Å². The van der Waals surface area contributed by atoms with Gasteiger partial charge in [-0.05, 0) is 65.7 Å². The van der Waals surface area contributed by atoms with E-state index >= 15 is 0 Å². The maximum absolute atomic E-state index is 12.6. The molecule has 0 radical (unpaired) electrons. The molecular weight excluding hydrogens is 468 g/mol. The number of phenols is 1. The van der Waals surface area contributed by atoms with E-state index in [1.54, 1.807) is 24.3 Å². The van der Waals surface area contributed by atoms with Crippen LogP contribution in [0.1, 0.15) is 21.5 Å². The number of phenolic OH excluding ortho intramolecular Hbond substituents is 1. The highest BCUT2D eigenvalue weighted by molar-refractivity contribution is 7.87. The molecule has 4 aromatic carbocycles. The Kier molecular flexibility index (Phi) is 6.70. The number of nitrogens with zero attached hydrogens (tertiary/aromatic N) is 1. The third-order valence-electron chi connectivity index (χ3n) is 5.19. The number of methoxy groups -OCH3 is 1. The lowest BCUT2D eigenvalue weighted by atomic mass is 10.1. The van der Waals surface area contributed by atoms with Crippen LogP contribution in [-0.4, -0.2) is 32.8 Å². The first-order chi connectivity index (χ1) is 16.8. The Morgan fingerprint density at radius 3 is 2.31 bits per heavy atom. The number of hydrogen-bond donors (Lipinski definition) is 2. The fourth-order valence-corrected chi connectivity index (χ4v) is 4.28. The van der Waals surface area contributed by atoms with Gasteiger partial charge in [-0.15, -0.1) is 0 Å². The summed E-state index contributed by atoms with van der Waals surface area (Å²) in [7, 11) is -2.67. The van der Waals surface area contributed by atoms with Crippen molar-refractivity contribution in [2.24, 2.45) is 5.10 Å². The number of ether oxygens (including phenoxy) is 1. The van der Waals surface area contributed by atoms with E-state index in [0.717, 1.165) is 16.3 Å². The van der Waals surface area contributed by atoms with Gasteiger partial charge in [-0.25, -0.2) is 5.43 Å². The van der Waals surface area contributed by atoms with Gasteiger partial charge in [-0.3, -0.25) is 4.79 Å². The largest absolute Gasteiger partial charge is 0.507 e. The van der Waals surface area contributed by atoms with Gasteiger partial charge >= 0.3 is 10.1 Å². The molecular formula is C26H22N2O6S. The average Bonchev–Trinajstić information content (AvgIpc) is 2.84. The number of fused-ring (bicyclic) bond motifs is 1. The smallest absolute Gasteiger partial charge is 0.339 e. The summed E-state index contributed by atoms with van der Waals surface area (Å²) in [5, 5.41) is 15.7. The van der Waals surface area contributed by atoms with Gasteiger partial charge in [0.15, 0.2) is 11.5 Å². The molecule has 0 saturated heterocycles. The maximum Gasteiger partial charge on any atom is 0.339 e. The van der Waals surface area contributed by atoms with Crippen molar-refractivity contribution in [2.75, 3.05) is 7.11 Å². The molecule has 0 atom stereocenters. The van der Waals surface area contributed by atoms with Gasteiger partial charge in [0.05, 0.1) is 18.9 Å². The standard InChI is InChI=1S/C26H22N2O6S/c1-17-7-10-21(11-8-17)35(31,32)34-24-12-9-18(13-25(24)33-2)16-27-28-26(30)22-14-19-5-3-4-6-20(19)15-23(22)29/h3-16,29H,1-2H3,(H,28,30)/b27-16-. The monoisotopic (exact) mass is 490 g/mol. The molecule has 0 unspecified atom stereocenters. The summed E-state index contributed by atoms with van der Waals surface area (Å²) in [5.74, 6) is -0.562. The molecule has 0 bridgehead atoms. The molecule has 2 N–H and O–H groups in total. The van der Waals surface area contributed by atoms with Gasteiger partial charge in [0.1, 0.15) is 10.6 Å². The van der Waals surface area contributed by atoms with Gasteiger partial charge in [-0.1, -0.05) is 42.0 Å². The highest BCUT2D eigenvalue weighted by Gasteiger charge is 2.19. The van der Waals surface area contributed by atoms with Crippen molar-refractivity contribution in [1.82, 2.24) is 5.43 Å². The first-order valence-corrected chi connectivity index (χ1v) is 11.9. The Morgan fingerprint density at radius 2 is 1.63 bits per heavy atom. The van der Waals surface area contributed by atoms with E-state index in [2.05, 4.69) is 10.5 Å². The number of rotatable bonds is 7. The predicted molar refractivity (Wildman–Crippen MR) is 133 cm³/mol. The van der Waals surface area contributed by atoms with Crippen molar-refractivity contribution in [3.8, 4) is 17.2 Å². The summed E-state index contributed by atoms with van der Waals surface area (Å²) in [4.78, 5) is 12.5. The highest BCUT2D eigenvalue weighted by atomic mass is 32.2. The van der Waals surface area contributed by atoms with Gasteiger partial charge < -0.3 is 14.0 Å². The third-order valence-corrected chi connectivity index (χ3v) is 6.43. The minimum Gasteiger partial charge on any atom is -0.507 e. The molecule has 0 fully saturated rings. The van der Waals surface area contributed by atoms with E-state index in [9.17, 15) is 18.3 Å². The minimum atomic E-state index is -4.05. The Morgan fingerprint density at radius 1 is 0.943 bits per heavy atom. The van der Waals surface area contributed by atoms with E-state index in [1.165, 1.54) is 43.7 Å². The number of carbonyl (C=O) groups excluding carboxylic acids is 1. The number of nitrogens with one attached hydrogen (secondary N) is 1. The second kappa shape index (κ2) is 9.86. The zero-order valence-electron chi connectivity index (χ0n) is 18.9. The van der Waals surface area contributed by atoms with Crippen molar-refractivity contribution in [1.29, 1.82) is 0 Å². The molecule has 178 valence electrons. The number of hydrogen-bond acceptors (Lipinski definition) is 7. The summed E-state index contributed by atoms with van der Waals surface area (Å²) in [6, 6.07) is 21.3. The van der Waals surface area contributed by atoms with Crippen molar-refractivity contribution in [3.05, 3.63) is 95.6 Å². The van der Waals surface area contributed by atoms with E-state index in [1.807, 2.05) is 31.2 Å². The number of hydrazone groups is 1. The quantitative estimate of drug-likeness (QED) is 0.226. The van der Waals surface area contributed by atoms with Gasteiger partial charge in [0.25, 0.3) is 5.91 Å². The number of aromatic hydroxyl groups is 1. The normalized spacial score (nSPS) is 11.5. The summed E-state index contributed by atoms with van der Waals surface area (Å²) in [6.07, 6.45) is 1.36. The number of amides is 1. The Labute approximate surface area is 202 Å². The molecule has 9 heteroatoms. The Hall–Kier alpha value is -4.37. The van der Waals surface area contributed by atoms with Crippen LogP contribution in [0.3, 0.4) is 0 Å². The predicted octanol–water partition coefficient (Wildman–Crippen LogP) is 4.39. The summed E-state index contributed by atoms with van der Waals surface area (Å²) in [5.41, 5.74) is 3.90. The first-order valence-electron chi connectivity index (χ1n) is 10.5. The van der Waals surface area contributed by atoms with Crippen molar-refractivity contribution < 1.29 is 27.2 Å². The Balaban J connectivity index is 1.48. The lowest BCUT2D eigenvalue weighted by Gasteiger charge is -2.11. The minimum absolute atomic E-state index is 0.00958. The summed E-state index contributed by atoms with van der Waals surface area (Å²) >= 11 is 0. The van der Waals surface area contributed by atoms with Crippen molar-refractivity contribution in [3.63, 3.8) is 0 Å². The first kappa shape index (κ1) is 23.8. The fourth-order valence-electron chi connectivity index (χ4n) is 3.34. The molecule has 1 amide bonds. The van der Waals surface area contributed by atoms with Crippen LogP contribution in [0.15, 0.2) is 88.9 Å². The molecule has 0 saturated carbocycles.